The van der Waals surface area contributed by atoms with Crippen molar-refractivity contribution in [3.8, 4) is 0 Å². The molecule has 1 fully saturated rings. The van der Waals surface area contributed by atoms with Crippen LogP contribution in [-0.4, -0.2) is 10.1 Å². The molecule has 1 heterocycles. The van der Waals surface area contributed by atoms with E-state index in [0.717, 1.165) is 43.6 Å². The summed E-state index contributed by atoms with van der Waals surface area (Å²) in [5.41, 5.74) is 1.45. The highest BCUT2D eigenvalue weighted by molar-refractivity contribution is 5.48. The van der Waals surface area contributed by atoms with E-state index in [1.165, 1.54) is 5.56 Å². The molecule has 2 aromatic rings. The number of nitrogens with one attached hydrogen (secondary N) is 1. The lowest BCUT2D eigenvalue weighted by atomic mass is 9.92. The molecular formula is C17H20N2O. The molecule has 2 N–H and O–H groups in total. The molecule has 1 aromatic heterocycles. The Labute approximate surface area is 119 Å². The van der Waals surface area contributed by atoms with Crippen LogP contribution in [0.3, 0.4) is 0 Å². The summed E-state index contributed by atoms with van der Waals surface area (Å²) in [7, 11) is 0. The van der Waals surface area contributed by atoms with Crippen LogP contribution in [0.5, 0.6) is 0 Å². The van der Waals surface area contributed by atoms with Crippen molar-refractivity contribution in [1.29, 1.82) is 0 Å². The van der Waals surface area contributed by atoms with Crippen molar-refractivity contribution in [1.82, 2.24) is 4.98 Å². The summed E-state index contributed by atoms with van der Waals surface area (Å²) in [5.74, 6) is 0.806. The van der Waals surface area contributed by atoms with Gasteiger partial charge in [-0.2, -0.15) is 0 Å². The summed E-state index contributed by atoms with van der Waals surface area (Å²) >= 11 is 0. The van der Waals surface area contributed by atoms with Gasteiger partial charge in [-0.3, -0.25) is 0 Å². The molecule has 20 heavy (non-hydrogen) atoms. The molecule has 104 valence electrons. The molecule has 0 aliphatic heterocycles. The second-order valence-electron chi connectivity index (χ2n) is 5.48. The summed E-state index contributed by atoms with van der Waals surface area (Å²) in [6.45, 7) is 0.723. The molecule has 1 aliphatic carbocycles. The molecule has 0 amide bonds. The molecule has 0 spiro atoms. The lowest BCUT2D eigenvalue weighted by molar-refractivity contribution is 0.0449. The van der Waals surface area contributed by atoms with Crippen LogP contribution in [0, 0.1) is 0 Å². The Morgan fingerprint density at radius 3 is 2.55 bits per heavy atom. The number of benzene rings is 1. The van der Waals surface area contributed by atoms with Crippen LogP contribution in [0.1, 0.15) is 36.8 Å². The van der Waals surface area contributed by atoms with E-state index in [4.69, 9.17) is 0 Å². The van der Waals surface area contributed by atoms with Gasteiger partial charge in [-0.15, -0.1) is 0 Å². The van der Waals surface area contributed by atoms with Crippen LogP contribution in [-0.2, 0) is 12.1 Å². The molecule has 1 aromatic carbocycles. The van der Waals surface area contributed by atoms with Gasteiger partial charge in [-0.25, -0.2) is 4.98 Å². The maximum atomic E-state index is 10.8. The number of aliphatic hydroxyl groups is 1. The van der Waals surface area contributed by atoms with Gasteiger partial charge in [0.2, 0.25) is 0 Å². The molecule has 0 unspecified atom stereocenters. The smallest absolute Gasteiger partial charge is 0.132 e. The van der Waals surface area contributed by atoms with Crippen LogP contribution in [0.4, 0.5) is 5.82 Å². The lowest BCUT2D eigenvalue weighted by Gasteiger charge is -2.25. The summed E-state index contributed by atoms with van der Waals surface area (Å²) in [4.78, 5) is 4.41. The Hall–Kier alpha value is -1.87. The first-order valence-electron chi connectivity index (χ1n) is 7.24. The van der Waals surface area contributed by atoms with Gasteiger partial charge in [0.1, 0.15) is 5.82 Å². The molecule has 3 rings (SSSR count). The van der Waals surface area contributed by atoms with Gasteiger partial charge in [0.25, 0.3) is 0 Å². The van der Waals surface area contributed by atoms with Crippen molar-refractivity contribution >= 4 is 5.82 Å². The first-order chi connectivity index (χ1) is 9.78. The highest BCUT2D eigenvalue weighted by atomic mass is 16.3. The van der Waals surface area contributed by atoms with Gasteiger partial charge in [0.15, 0.2) is 0 Å². The lowest BCUT2D eigenvalue weighted by Crippen LogP contribution is -2.23. The topological polar surface area (TPSA) is 45.2 Å². The fraction of sp³-hybridized carbons (Fsp3) is 0.353. The van der Waals surface area contributed by atoms with Gasteiger partial charge in [-0.05, 0) is 24.5 Å². The van der Waals surface area contributed by atoms with Crippen molar-refractivity contribution in [2.45, 2.75) is 37.8 Å². The summed E-state index contributed by atoms with van der Waals surface area (Å²) in [6.07, 6.45) is 5.61. The van der Waals surface area contributed by atoms with E-state index in [1.54, 1.807) is 6.20 Å². The minimum absolute atomic E-state index is 0.701. The van der Waals surface area contributed by atoms with Crippen molar-refractivity contribution in [3.05, 3.63) is 59.8 Å². The fourth-order valence-corrected chi connectivity index (χ4v) is 2.93. The van der Waals surface area contributed by atoms with Crippen LogP contribution in [0.2, 0.25) is 0 Å². The van der Waals surface area contributed by atoms with E-state index in [9.17, 15) is 5.11 Å². The maximum absolute atomic E-state index is 10.8. The van der Waals surface area contributed by atoms with Crippen LogP contribution in [0.15, 0.2) is 48.7 Å². The number of nitrogens with zero attached hydrogens (tertiary/aromatic N) is 1. The van der Waals surface area contributed by atoms with E-state index >= 15 is 0 Å². The van der Waals surface area contributed by atoms with Gasteiger partial charge in [0, 0.05) is 18.3 Å². The summed E-state index contributed by atoms with van der Waals surface area (Å²) < 4.78 is 0. The molecular weight excluding hydrogens is 248 g/mol. The molecule has 0 radical (unpaired) electrons. The van der Waals surface area contributed by atoms with Crippen LogP contribution >= 0.6 is 0 Å². The number of pyridine rings is 1. The third kappa shape index (κ3) is 2.68. The number of rotatable bonds is 4. The molecule has 0 atom stereocenters. The van der Waals surface area contributed by atoms with E-state index in [-0.39, 0.29) is 0 Å². The maximum Gasteiger partial charge on any atom is 0.132 e. The Bertz CT molecular complexity index is 562. The third-order valence-corrected chi connectivity index (χ3v) is 4.04. The van der Waals surface area contributed by atoms with Gasteiger partial charge < -0.3 is 10.4 Å². The Morgan fingerprint density at radius 2 is 1.80 bits per heavy atom. The van der Waals surface area contributed by atoms with Gasteiger partial charge in [-0.1, -0.05) is 49.2 Å². The third-order valence-electron chi connectivity index (χ3n) is 4.04. The predicted molar refractivity (Wildman–Crippen MR) is 80.4 cm³/mol. The Kier molecular flexibility index (Phi) is 3.70. The Morgan fingerprint density at radius 1 is 1.05 bits per heavy atom. The van der Waals surface area contributed by atoms with Crippen LogP contribution < -0.4 is 5.32 Å². The minimum atomic E-state index is -0.701. The average Bonchev–Trinajstić information content (AvgIpc) is 2.94. The van der Waals surface area contributed by atoms with Crippen molar-refractivity contribution in [2.75, 3.05) is 5.32 Å². The van der Waals surface area contributed by atoms with Crippen molar-refractivity contribution in [2.24, 2.45) is 0 Å². The number of hydrogen-bond acceptors (Lipinski definition) is 3. The van der Waals surface area contributed by atoms with E-state index in [1.807, 2.05) is 30.3 Å². The minimum Gasteiger partial charge on any atom is -0.385 e. The number of anilines is 1. The second-order valence-corrected chi connectivity index (χ2v) is 5.48. The summed E-state index contributed by atoms with van der Waals surface area (Å²) in [5, 5.41) is 14.1. The number of hydrogen-bond donors (Lipinski definition) is 2. The zero-order chi connectivity index (χ0) is 13.8. The zero-order valence-corrected chi connectivity index (χ0v) is 11.5. The molecule has 3 nitrogen and oxygen atoms in total. The molecule has 0 saturated heterocycles. The van der Waals surface area contributed by atoms with E-state index in [2.05, 4.69) is 22.4 Å². The van der Waals surface area contributed by atoms with E-state index in [0.29, 0.717) is 0 Å². The highest BCUT2D eigenvalue weighted by Gasteiger charge is 2.35. The Balaban J connectivity index is 1.80. The fourth-order valence-electron chi connectivity index (χ4n) is 2.93. The molecule has 3 heteroatoms. The highest BCUT2D eigenvalue weighted by Crippen LogP contribution is 2.40. The molecule has 1 saturated carbocycles. The van der Waals surface area contributed by atoms with Crippen molar-refractivity contribution < 1.29 is 5.11 Å². The average molecular weight is 268 g/mol. The monoisotopic (exact) mass is 268 g/mol. The van der Waals surface area contributed by atoms with Crippen molar-refractivity contribution in [3.63, 3.8) is 0 Å². The quantitative estimate of drug-likeness (QED) is 0.892. The molecule has 0 bridgehead atoms. The first-order valence-corrected chi connectivity index (χ1v) is 7.24. The van der Waals surface area contributed by atoms with Gasteiger partial charge >= 0.3 is 0 Å². The second kappa shape index (κ2) is 5.63. The van der Waals surface area contributed by atoms with Gasteiger partial charge in [0.05, 0.1) is 5.60 Å². The molecule has 1 aliphatic rings. The normalized spacial score (nSPS) is 17.1. The predicted octanol–water partition coefficient (Wildman–Crippen LogP) is 3.46. The standard InChI is InChI=1S/C17H20N2O/c20-17(10-4-5-11-17)15-9-6-12-18-16(15)19-13-14-7-2-1-3-8-14/h1-3,6-9,12,20H,4-5,10-11,13H2,(H,18,19). The van der Waals surface area contributed by atoms with E-state index < -0.39 is 5.60 Å². The number of aromatic nitrogens is 1. The summed E-state index contributed by atoms with van der Waals surface area (Å²) in [6, 6.07) is 14.1. The largest absolute Gasteiger partial charge is 0.385 e. The van der Waals surface area contributed by atoms with Crippen LogP contribution in [0.25, 0.3) is 0 Å². The zero-order valence-electron chi connectivity index (χ0n) is 11.5. The SMILES string of the molecule is OC1(c2cccnc2NCc2ccccc2)CCCC1. The first kappa shape index (κ1) is 13.1.